The quantitative estimate of drug-likeness (QED) is 0.179. The van der Waals surface area contributed by atoms with Crippen molar-refractivity contribution in [1.29, 1.82) is 0 Å². The van der Waals surface area contributed by atoms with Gasteiger partial charge in [0.1, 0.15) is 22.3 Å². The van der Waals surface area contributed by atoms with E-state index in [-0.39, 0.29) is 0 Å². The number of hydrogen-bond acceptors (Lipinski definition) is 2. The van der Waals surface area contributed by atoms with Gasteiger partial charge in [0.05, 0.1) is 38.5 Å². The van der Waals surface area contributed by atoms with Crippen LogP contribution < -0.4 is 0 Å². The molecule has 0 N–H and O–H groups in total. The van der Waals surface area contributed by atoms with Gasteiger partial charge in [0.15, 0.2) is 0 Å². The number of aryl methyl sites for hydroxylation is 1. The largest absolute Gasteiger partial charge is 0.456 e. The lowest BCUT2D eigenvalue weighted by molar-refractivity contribution is 0.669. The average Bonchev–Trinajstić information content (AvgIpc) is 3.98. The molecular formula is C51H34N2O2. The molecule has 0 saturated heterocycles. The van der Waals surface area contributed by atoms with Gasteiger partial charge in [-0.3, -0.25) is 0 Å². The molecule has 4 nitrogen and oxygen atoms in total. The van der Waals surface area contributed by atoms with E-state index in [2.05, 4.69) is 156 Å². The molecule has 4 heterocycles. The molecule has 55 heavy (non-hydrogen) atoms. The van der Waals surface area contributed by atoms with E-state index in [9.17, 15) is 0 Å². The minimum Gasteiger partial charge on any atom is -0.456 e. The second-order valence-corrected chi connectivity index (χ2v) is 14.7. The van der Waals surface area contributed by atoms with Crippen LogP contribution in [0.3, 0.4) is 0 Å². The van der Waals surface area contributed by atoms with Crippen molar-refractivity contribution >= 4 is 104 Å². The first-order valence-electron chi connectivity index (χ1n) is 19.1. The molecule has 0 bridgehead atoms. The van der Waals surface area contributed by atoms with Gasteiger partial charge in [-0.05, 0) is 89.7 Å². The van der Waals surface area contributed by atoms with Crippen molar-refractivity contribution in [1.82, 2.24) is 9.13 Å². The zero-order chi connectivity index (χ0) is 36.4. The molecule has 8 aromatic carbocycles. The highest BCUT2D eigenvalue weighted by molar-refractivity contribution is 6.29. The fraction of sp³-hybridized carbons (Fsp3) is 0.0588. The number of benzene rings is 8. The van der Waals surface area contributed by atoms with Gasteiger partial charge in [-0.1, -0.05) is 105 Å². The lowest BCUT2D eigenvalue weighted by atomic mass is 9.94. The molecule has 12 aromatic rings. The van der Waals surface area contributed by atoms with E-state index in [1.165, 1.54) is 27.3 Å². The normalized spacial score (nSPS) is 12.3. The summed E-state index contributed by atoms with van der Waals surface area (Å²) in [6.07, 6.45) is 4.10. The van der Waals surface area contributed by atoms with Crippen LogP contribution in [0.5, 0.6) is 0 Å². The predicted molar refractivity (Wildman–Crippen MR) is 231 cm³/mol. The van der Waals surface area contributed by atoms with Gasteiger partial charge in [0.25, 0.3) is 0 Å². The van der Waals surface area contributed by atoms with Gasteiger partial charge < -0.3 is 18.0 Å². The maximum absolute atomic E-state index is 7.23. The summed E-state index contributed by atoms with van der Waals surface area (Å²) in [4.78, 5) is 0. The van der Waals surface area contributed by atoms with Crippen LogP contribution in [0.15, 0.2) is 161 Å². The molecule has 260 valence electrons. The predicted octanol–water partition coefficient (Wildman–Crippen LogP) is 14.4. The molecule has 0 saturated carbocycles. The Balaban J connectivity index is 1.17. The van der Waals surface area contributed by atoms with Crippen LogP contribution in [-0.4, -0.2) is 9.13 Å². The van der Waals surface area contributed by atoms with Crippen molar-refractivity contribution in [2.45, 2.75) is 19.8 Å². The van der Waals surface area contributed by atoms with Gasteiger partial charge in [-0.25, -0.2) is 0 Å². The third kappa shape index (κ3) is 4.06. The molecule has 0 spiro atoms. The summed E-state index contributed by atoms with van der Waals surface area (Å²) in [7, 11) is 0. The number of para-hydroxylation sites is 3. The van der Waals surface area contributed by atoms with Crippen molar-refractivity contribution in [2.75, 3.05) is 0 Å². The van der Waals surface area contributed by atoms with Gasteiger partial charge in [-0.15, -0.1) is 0 Å². The monoisotopic (exact) mass is 706 g/mol. The van der Waals surface area contributed by atoms with Gasteiger partial charge in [-0.2, -0.15) is 0 Å². The second kappa shape index (κ2) is 11.2. The van der Waals surface area contributed by atoms with Crippen LogP contribution >= 0.6 is 0 Å². The Morgan fingerprint density at radius 2 is 1.07 bits per heavy atom. The SMILES string of the molecule is C=Cc1cc(-n2c3ccccc3c3c4oc5c(ccc6c5c5ccccc5n6-c5ccc6oc7ccccc7c6c5)c4ccc32)c2ccccc2c1CCC. The standard InChI is InChI=1S/C51H34N2O2/c1-3-13-32-30(4-2)28-45(34-15-6-5-14-33(32)34)53-42-20-11-8-18-39(42)49-44(53)26-24-37-36-23-25-43-48(50(36)55-51(37)49)38-17-7-10-19-41(38)52(43)31-22-27-47-40(29-31)35-16-9-12-21-46(35)54-47/h4-12,14-29H,2-3,13H2,1H3. The first kappa shape index (κ1) is 30.4. The highest BCUT2D eigenvalue weighted by Gasteiger charge is 2.24. The first-order chi connectivity index (χ1) is 27.2. The van der Waals surface area contributed by atoms with Crippen molar-refractivity contribution in [3.05, 3.63) is 163 Å². The lowest BCUT2D eigenvalue weighted by Crippen LogP contribution is -2.00. The van der Waals surface area contributed by atoms with Crippen LogP contribution in [0.25, 0.3) is 116 Å². The molecule has 0 amide bonds. The zero-order valence-corrected chi connectivity index (χ0v) is 30.3. The Kier molecular flexibility index (Phi) is 6.22. The molecule has 0 atom stereocenters. The summed E-state index contributed by atoms with van der Waals surface area (Å²) in [5.41, 5.74) is 12.9. The van der Waals surface area contributed by atoms with Crippen LogP contribution in [0, 0.1) is 0 Å². The molecule has 0 aliphatic carbocycles. The maximum atomic E-state index is 7.23. The van der Waals surface area contributed by atoms with Gasteiger partial charge >= 0.3 is 0 Å². The summed E-state index contributed by atoms with van der Waals surface area (Å²) in [5.74, 6) is 0. The fourth-order valence-corrected chi connectivity index (χ4v) is 9.52. The third-order valence-electron chi connectivity index (χ3n) is 11.8. The molecule has 0 unspecified atom stereocenters. The van der Waals surface area contributed by atoms with E-state index >= 15 is 0 Å². The van der Waals surface area contributed by atoms with Crippen LogP contribution in [0.4, 0.5) is 0 Å². The number of furan rings is 2. The number of nitrogens with zero attached hydrogens (tertiary/aromatic N) is 2. The average molecular weight is 707 g/mol. The molecule has 4 heteroatoms. The van der Waals surface area contributed by atoms with Crippen molar-refractivity contribution in [2.24, 2.45) is 0 Å². The Morgan fingerprint density at radius 1 is 0.491 bits per heavy atom. The molecule has 12 rings (SSSR count). The second-order valence-electron chi connectivity index (χ2n) is 14.7. The third-order valence-corrected chi connectivity index (χ3v) is 11.8. The Labute approximate surface area is 315 Å². The van der Waals surface area contributed by atoms with Crippen LogP contribution in [0.1, 0.15) is 24.5 Å². The van der Waals surface area contributed by atoms with Gasteiger partial charge in [0.2, 0.25) is 0 Å². The number of fused-ring (bicyclic) bond motifs is 15. The van der Waals surface area contributed by atoms with Crippen molar-refractivity contribution in [3.8, 4) is 11.4 Å². The van der Waals surface area contributed by atoms with Crippen molar-refractivity contribution < 1.29 is 8.83 Å². The number of hydrogen-bond donors (Lipinski definition) is 0. The Bertz CT molecular complexity index is 3590. The van der Waals surface area contributed by atoms with E-state index in [4.69, 9.17) is 8.83 Å². The minimum atomic E-state index is 0.888. The smallest absolute Gasteiger partial charge is 0.145 e. The zero-order valence-electron chi connectivity index (χ0n) is 30.3. The summed E-state index contributed by atoms with van der Waals surface area (Å²) < 4.78 is 18.2. The molecule has 0 aliphatic rings. The van der Waals surface area contributed by atoms with Gasteiger partial charge in [0, 0.05) is 43.4 Å². The first-order valence-corrected chi connectivity index (χ1v) is 19.1. The molecule has 0 aliphatic heterocycles. The van der Waals surface area contributed by atoms with E-state index in [1.807, 2.05) is 18.2 Å². The van der Waals surface area contributed by atoms with Crippen molar-refractivity contribution in [3.63, 3.8) is 0 Å². The summed E-state index contributed by atoms with van der Waals surface area (Å²) >= 11 is 0. The minimum absolute atomic E-state index is 0.888. The summed E-state index contributed by atoms with van der Waals surface area (Å²) in [6, 6.07) is 52.4. The lowest BCUT2D eigenvalue weighted by Gasteiger charge is -2.17. The van der Waals surface area contributed by atoms with E-state index < -0.39 is 0 Å². The maximum Gasteiger partial charge on any atom is 0.145 e. The topological polar surface area (TPSA) is 36.1 Å². The highest BCUT2D eigenvalue weighted by atomic mass is 16.3. The molecular weight excluding hydrogens is 673 g/mol. The Morgan fingerprint density at radius 3 is 1.76 bits per heavy atom. The fourth-order valence-electron chi connectivity index (χ4n) is 9.52. The molecule has 0 radical (unpaired) electrons. The molecule has 0 fully saturated rings. The van der Waals surface area contributed by atoms with E-state index in [0.717, 1.165) is 106 Å². The number of rotatable bonds is 5. The summed E-state index contributed by atoms with van der Waals surface area (Å²) in [5, 5.41) is 11.5. The van der Waals surface area contributed by atoms with Crippen LogP contribution in [-0.2, 0) is 6.42 Å². The van der Waals surface area contributed by atoms with E-state index in [0.29, 0.717) is 0 Å². The van der Waals surface area contributed by atoms with E-state index in [1.54, 1.807) is 0 Å². The Hall–Kier alpha value is -7.04. The highest BCUT2D eigenvalue weighted by Crippen LogP contribution is 2.46. The van der Waals surface area contributed by atoms with Crippen LogP contribution in [0.2, 0.25) is 0 Å². The molecule has 4 aromatic heterocycles. The summed E-state index contributed by atoms with van der Waals surface area (Å²) in [6.45, 7) is 6.50. The number of aromatic nitrogens is 2.